The molecule has 0 saturated carbocycles. The fraction of sp³-hybridized carbons (Fsp3) is 0.350. The first-order valence-corrected chi connectivity index (χ1v) is 9.66. The fourth-order valence-corrected chi connectivity index (χ4v) is 4.01. The lowest BCUT2D eigenvalue weighted by Crippen LogP contribution is -2.18. The molecule has 0 saturated heterocycles. The summed E-state index contributed by atoms with van der Waals surface area (Å²) in [6.07, 6.45) is 0. The lowest BCUT2D eigenvalue weighted by atomic mass is 10.0. The molecule has 0 aliphatic rings. The maximum absolute atomic E-state index is 12.7. The number of nitrogens with zero attached hydrogens (tertiary/aromatic N) is 2. The van der Waals surface area contributed by atoms with E-state index in [1.807, 2.05) is 43.3 Å². The van der Waals surface area contributed by atoms with Crippen molar-refractivity contribution in [3.8, 4) is 0 Å². The molecule has 1 aromatic carbocycles. The molecule has 0 fully saturated rings. The van der Waals surface area contributed by atoms with E-state index in [4.69, 9.17) is 0 Å². The maximum Gasteiger partial charge on any atom is 0.266 e. The number of fused-ring (bicyclic) bond motifs is 1. The lowest BCUT2D eigenvalue weighted by Gasteiger charge is -2.08. The van der Waals surface area contributed by atoms with Gasteiger partial charge in [-0.25, -0.2) is 4.98 Å². The molecule has 27 heavy (non-hydrogen) atoms. The minimum atomic E-state index is -0.221. The highest BCUT2D eigenvalue weighted by molar-refractivity contribution is 7.20. The van der Waals surface area contributed by atoms with Crippen molar-refractivity contribution in [3.05, 3.63) is 56.4 Å². The van der Waals surface area contributed by atoms with E-state index in [0.29, 0.717) is 38.9 Å². The van der Waals surface area contributed by atoms with Gasteiger partial charge in [-0.2, -0.15) is 0 Å². The number of benzene rings is 1. The van der Waals surface area contributed by atoms with Crippen LogP contribution in [0.4, 0.5) is 5.69 Å². The van der Waals surface area contributed by atoms with E-state index in [9.17, 15) is 9.59 Å². The van der Waals surface area contributed by atoms with E-state index < -0.39 is 0 Å². The molecular formula is C20H24N4O2S. The minimum absolute atomic E-state index is 0.203. The van der Waals surface area contributed by atoms with Gasteiger partial charge in [0.05, 0.1) is 16.8 Å². The number of aromatic nitrogens is 2. The number of anilines is 1. The quantitative estimate of drug-likeness (QED) is 0.703. The van der Waals surface area contributed by atoms with Gasteiger partial charge in [0.25, 0.3) is 11.5 Å². The molecule has 0 bridgehead atoms. The molecule has 0 aliphatic heterocycles. The van der Waals surface area contributed by atoms with Crippen molar-refractivity contribution in [2.24, 2.45) is 0 Å². The van der Waals surface area contributed by atoms with Crippen molar-refractivity contribution < 1.29 is 4.79 Å². The van der Waals surface area contributed by atoms with Crippen molar-refractivity contribution in [1.29, 1.82) is 0 Å². The number of carbonyl (C=O) groups is 1. The standard InChI is InChI=1S/C20H24N4O2S/c1-11(2)13-6-8-14(9-7-13)21-19(26)17-12(3)16-18(25)22-15(10-24(4)5)23-20(16)27-17/h6-9,11H,10H2,1-5H3,(H,21,26)(H,22,23,25). The van der Waals surface area contributed by atoms with Crippen molar-refractivity contribution in [1.82, 2.24) is 14.9 Å². The number of aryl methyl sites for hydroxylation is 1. The van der Waals surface area contributed by atoms with Gasteiger partial charge in [-0.15, -0.1) is 11.3 Å². The monoisotopic (exact) mass is 384 g/mol. The number of hydrogen-bond acceptors (Lipinski definition) is 5. The average molecular weight is 385 g/mol. The van der Waals surface area contributed by atoms with Crippen LogP contribution in [-0.2, 0) is 6.54 Å². The van der Waals surface area contributed by atoms with Crippen LogP contribution < -0.4 is 10.9 Å². The van der Waals surface area contributed by atoms with Crippen molar-refractivity contribution in [2.75, 3.05) is 19.4 Å². The molecule has 0 spiro atoms. The Morgan fingerprint density at radius 1 is 1.26 bits per heavy atom. The first kappa shape index (κ1) is 19.3. The molecule has 6 nitrogen and oxygen atoms in total. The summed E-state index contributed by atoms with van der Waals surface area (Å²) in [5.74, 6) is 0.810. The topological polar surface area (TPSA) is 78.1 Å². The Labute approximate surface area is 162 Å². The van der Waals surface area contributed by atoms with Crippen LogP contribution in [0.3, 0.4) is 0 Å². The summed E-state index contributed by atoms with van der Waals surface area (Å²) >= 11 is 1.25. The van der Waals surface area contributed by atoms with Gasteiger partial charge < -0.3 is 15.2 Å². The Morgan fingerprint density at radius 3 is 2.52 bits per heavy atom. The molecule has 142 valence electrons. The second-order valence-electron chi connectivity index (χ2n) is 7.22. The van der Waals surface area contributed by atoms with Crippen molar-refractivity contribution >= 4 is 33.1 Å². The summed E-state index contributed by atoms with van der Waals surface area (Å²) in [5, 5.41) is 3.40. The molecule has 2 N–H and O–H groups in total. The van der Waals surface area contributed by atoms with Gasteiger partial charge in [-0.05, 0) is 50.2 Å². The molecule has 2 heterocycles. The Bertz CT molecular complexity index is 1030. The number of hydrogen-bond donors (Lipinski definition) is 2. The Kier molecular flexibility index (Phi) is 5.43. The van der Waals surface area contributed by atoms with E-state index in [1.165, 1.54) is 16.9 Å². The third-order valence-corrected chi connectivity index (χ3v) is 5.54. The molecule has 2 aromatic heterocycles. The third-order valence-electron chi connectivity index (χ3n) is 4.36. The Balaban J connectivity index is 1.91. The normalized spacial score (nSPS) is 11.5. The molecule has 7 heteroatoms. The van der Waals surface area contributed by atoms with E-state index in [-0.39, 0.29) is 11.5 Å². The number of H-pyrrole nitrogens is 1. The molecule has 0 atom stereocenters. The van der Waals surface area contributed by atoms with Gasteiger partial charge in [0.2, 0.25) is 0 Å². The number of amides is 1. The van der Waals surface area contributed by atoms with Gasteiger partial charge >= 0.3 is 0 Å². The molecule has 0 unspecified atom stereocenters. The molecule has 0 aliphatic carbocycles. The van der Waals surface area contributed by atoms with Crippen LogP contribution in [0.1, 0.15) is 46.4 Å². The number of rotatable bonds is 5. The molecule has 0 radical (unpaired) electrons. The van der Waals surface area contributed by atoms with Gasteiger partial charge in [0.1, 0.15) is 10.7 Å². The summed E-state index contributed by atoms with van der Waals surface area (Å²) in [7, 11) is 3.82. The first-order valence-electron chi connectivity index (χ1n) is 8.84. The van der Waals surface area contributed by atoms with E-state index in [0.717, 1.165) is 5.69 Å². The number of nitrogens with one attached hydrogen (secondary N) is 2. The van der Waals surface area contributed by atoms with Crippen LogP contribution in [0, 0.1) is 6.92 Å². The van der Waals surface area contributed by atoms with Gasteiger partial charge in [-0.1, -0.05) is 26.0 Å². The van der Waals surface area contributed by atoms with Crippen LogP contribution >= 0.6 is 11.3 Å². The van der Waals surface area contributed by atoms with Gasteiger partial charge in [-0.3, -0.25) is 9.59 Å². The second-order valence-corrected chi connectivity index (χ2v) is 8.22. The SMILES string of the molecule is Cc1c(C(=O)Nc2ccc(C(C)C)cc2)sc2nc(CN(C)C)[nH]c(=O)c12. The zero-order chi connectivity index (χ0) is 19.7. The summed E-state index contributed by atoms with van der Waals surface area (Å²) in [4.78, 5) is 35.6. The van der Waals surface area contributed by atoms with Gasteiger partial charge in [0, 0.05) is 5.69 Å². The van der Waals surface area contributed by atoms with Crippen LogP contribution in [0.25, 0.3) is 10.2 Å². The van der Waals surface area contributed by atoms with E-state index in [2.05, 4.69) is 29.1 Å². The highest BCUT2D eigenvalue weighted by atomic mass is 32.1. The zero-order valence-corrected chi connectivity index (χ0v) is 17.0. The molecule has 3 aromatic rings. The largest absolute Gasteiger partial charge is 0.321 e. The zero-order valence-electron chi connectivity index (χ0n) is 16.2. The molecule has 1 amide bonds. The van der Waals surface area contributed by atoms with Crippen LogP contribution in [0.2, 0.25) is 0 Å². The predicted molar refractivity (Wildman–Crippen MR) is 111 cm³/mol. The average Bonchev–Trinajstić information content (AvgIpc) is 2.92. The van der Waals surface area contributed by atoms with Crippen molar-refractivity contribution in [2.45, 2.75) is 33.2 Å². The summed E-state index contributed by atoms with van der Waals surface area (Å²) < 4.78 is 0. The van der Waals surface area contributed by atoms with E-state index in [1.54, 1.807) is 6.92 Å². The second kappa shape index (κ2) is 7.62. The van der Waals surface area contributed by atoms with Gasteiger partial charge in [0.15, 0.2) is 0 Å². The minimum Gasteiger partial charge on any atom is -0.321 e. The lowest BCUT2D eigenvalue weighted by molar-refractivity contribution is 0.103. The smallest absolute Gasteiger partial charge is 0.266 e. The predicted octanol–water partition coefficient (Wildman–Crippen LogP) is 3.73. The van der Waals surface area contributed by atoms with Crippen LogP contribution in [0.15, 0.2) is 29.1 Å². The summed E-state index contributed by atoms with van der Waals surface area (Å²) in [6.45, 7) is 6.58. The number of aromatic amines is 1. The third kappa shape index (κ3) is 4.09. The summed E-state index contributed by atoms with van der Waals surface area (Å²) in [6, 6.07) is 7.82. The maximum atomic E-state index is 12.7. The Morgan fingerprint density at radius 2 is 1.93 bits per heavy atom. The van der Waals surface area contributed by atoms with E-state index >= 15 is 0 Å². The highest BCUT2D eigenvalue weighted by Gasteiger charge is 2.19. The van der Waals surface area contributed by atoms with Crippen molar-refractivity contribution in [3.63, 3.8) is 0 Å². The first-order chi connectivity index (χ1) is 12.8. The molecular weight excluding hydrogens is 360 g/mol. The highest BCUT2D eigenvalue weighted by Crippen LogP contribution is 2.28. The Hall–Kier alpha value is -2.51. The summed E-state index contributed by atoms with van der Waals surface area (Å²) in [5.41, 5.74) is 2.41. The van der Waals surface area contributed by atoms with Crippen LogP contribution in [-0.4, -0.2) is 34.9 Å². The molecule has 3 rings (SSSR count). The van der Waals surface area contributed by atoms with Crippen LogP contribution in [0.5, 0.6) is 0 Å². The number of thiophene rings is 1. The fourth-order valence-electron chi connectivity index (χ4n) is 2.92. The number of carbonyl (C=O) groups excluding carboxylic acids is 1.